The van der Waals surface area contributed by atoms with Gasteiger partial charge in [-0.3, -0.25) is 4.79 Å². The van der Waals surface area contributed by atoms with Gasteiger partial charge in [-0.15, -0.1) is 0 Å². The molecule has 0 aliphatic heterocycles. The summed E-state index contributed by atoms with van der Waals surface area (Å²) in [6.07, 6.45) is 0.341. The lowest BCUT2D eigenvalue weighted by Gasteiger charge is -2.13. The predicted octanol–water partition coefficient (Wildman–Crippen LogP) is 3.49. The fourth-order valence-electron chi connectivity index (χ4n) is 2.73. The molecule has 1 atom stereocenters. The molecule has 1 aromatic heterocycles. The van der Waals surface area contributed by atoms with Crippen molar-refractivity contribution in [1.29, 1.82) is 0 Å². The van der Waals surface area contributed by atoms with Crippen LogP contribution in [-0.2, 0) is 4.79 Å². The number of thiazole rings is 1. The Hall–Kier alpha value is -2.93. The first kappa shape index (κ1) is 17.9. The van der Waals surface area contributed by atoms with Crippen molar-refractivity contribution in [2.24, 2.45) is 4.99 Å². The first-order valence-corrected chi connectivity index (χ1v) is 8.95. The highest BCUT2D eigenvalue weighted by Gasteiger charge is 2.22. The third kappa shape index (κ3) is 3.39. The van der Waals surface area contributed by atoms with E-state index in [0.717, 1.165) is 5.56 Å². The molecule has 26 heavy (non-hydrogen) atoms. The molecule has 7 heteroatoms. The number of carboxylic acids is 1. The van der Waals surface area contributed by atoms with E-state index in [0.29, 0.717) is 27.0 Å². The number of carboxylic acid groups (broad SMARTS) is 1. The molecule has 3 aromatic rings. The van der Waals surface area contributed by atoms with E-state index >= 15 is 0 Å². The van der Waals surface area contributed by atoms with Crippen LogP contribution in [0.2, 0.25) is 0 Å². The molecule has 2 N–H and O–H groups in total. The van der Waals surface area contributed by atoms with E-state index in [9.17, 15) is 19.8 Å². The lowest BCUT2D eigenvalue weighted by atomic mass is 10.1. The van der Waals surface area contributed by atoms with E-state index in [1.807, 2.05) is 19.1 Å². The second-order valence-corrected chi connectivity index (χ2v) is 6.96. The molecule has 0 saturated heterocycles. The molecule has 1 heterocycles. The zero-order chi connectivity index (χ0) is 18.8. The number of hydrogen-bond donors (Lipinski definition) is 2. The average molecular weight is 370 g/mol. The van der Waals surface area contributed by atoms with E-state index < -0.39 is 17.9 Å². The lowest BCUT2D eigenvalue weighted by Crippen LogP contribution is -2.27. The van der Waals surface area contributed by atoms with Crippen molar-refractivity contribution in [3.63, 3.8) is 0 Å². The van der Waals surface area contributed by atoms with Crippen molar-refractivity contribution in [3.05, 3.63) is 58.4 Å². The highest BCUT2D eigenvalue weighted by Crippen LogP contribution is 2.26. The number of fused-ring (bicyclic) bond motifs is 1. The predicted molar refractivity (Wildman–Crippen MR) is 99.5 cm³/mol. The van der Waals surface area contributed by atoms with Gasteiger partial charge < -0.3 is 14.8 Å². The van der Waals surface area contributed by atoms with E-state index in [1.54, 1.807) is 35.8 Å². The monoisotopic (exact) mass is 370 g/mol. The number of benzene rings is 2. The van der Waals surface area contributed by atoms with E-state index in [1.165, 1.54) is 17.4 Å². The Labute approximate surface area is 153 Å². The number of rotatable bonds is 4. The van der Waals surface area contributed by atoms with Crippen LogP contribution in [0.1, 0.15) is 35.3 Å². The number of aliphatic carboxylic acids is 1. The second-order valence-electron chi connectivity index (χ2n) is 5.95. The zero-order valence-electron chi connectivity index (χ0n) is 14.3. The molecule has 3 rings (SSSR count). The highest BCUT2D eigenvalue weighted by atomic mass is 32.1. The Morgan fingerprint density at radius 3 is 2.50 bits per heavy atom. The molecule has 1 amide bonds. The summed E-state index contributed by atoms with van der Waals surface area (Å²) in [6.45, 7) is 3.69. The summed E-state index contributed by atoms with van der Waals surface area (Å²) in [7, 11) is 0. The van der Waals surface area contributed by atoms with E-state index in [2.05, 4.69) is 4.99 Å². The van der Waals surface area contributed by atoms with Crippen LogP contribution in [0, 0.1) is 6.92 Å². The molecule has 0 saturated carbocycles. The van der Waals surface area contributed by atoms with Gasteiger partial charge in [-0.1, -0.05) is 36.0 Å². The first-order valence-electron chi connectivity index (χ1n) is 8.13. The van der Waals surface area contributed by atoms with Crippen molar-refractivity contribution in [2.45, 2.75) is 26.3 Å². The van der Waals surface area contributed by atoms with Crippen molar-refractivity contribution in [2.75, 3.05) is 0 Å². The molecule has 0 fully saturated rings. The molecule has 1 unspecified atom stereocenters. The molecule has 0 spiro atoms. The molecule has 134 valence electrons. The van der Waals surface area contributed by atoms with Crippen molar-refractivity contribution >= 4 is 33.4 Å². The van der Waals surface area contributed by atoms with Crippen LogP contribution >= 0.6 is 11.3 Å². The smallest absolute Gasteiger partial charge is 0.326 e. The standard InChI is InChI=1S/C19H18N2O4S/c1-3-14(18(24)25)21-15-9-8-13(22)10-16(15)26-19(21)20-17(23)12-6-4-11(2)5-7-12/h4-10,14,22H,3H2,1-2H3,(H,24,25)/b20-19-. The highest BCUT2D eigenvalue weighted by molar-refractivity contribution is 7.16. The molecule has 0 bridgehead atoms. The Morgan fingerprint density at radius 1 is 1.19 bits per heavy atom. The largest absolute Gasteiger partial charge is 0.508 e. The molecule has 0 aliphatic carbocycles. The van der Waals surface area contributed by atoms with Gasteiger partial charge in [-0.25, -0.2) is 4.79 Å². The summed E-state index contributed by atoms with van der Waals surface area (Å²) in [5, 5.41) is 19.3. The third-order valence-corrected chi connectivity index (χ3v) is 5.11. The van der Waals surface area contributed by atoms with Gasteiger partial charge in [0.05, 0.1) is 10.2 Å². The normalized spacial score (nSPS) is 13.1. The molecule has 0 aliphatic rings. The SMILES string of the molecule is CCC(C(=O)O)n1/c(=N/C(=O)c2ccc(C)cc2)sc2cc(O)ccc21. The minimum absolute atomic E-state index is 0.0747. The number of carbonyl (C=O) groups is 2. The van der Waals surface area contributed by atoms with Gasteiger partial charge in [-0.05, 0) is 43.7 Å². The third-order valence-electron chi connectivity index (χ3n) is 4.09. The molecule has 6 nitrogen and oxygen atoms in total. The van der Waals surface area contributed by atoms with Gasteiger partial charge in [0.25, 0.3) is 5.91 Å². The van der Waals surface area contributed by atoms with Crippen molar-refractivity contribution < 1.29 is 19.8 Å². The van der Waals surface area contributed by atoms with Gasteiger partial charge in [0.1, 0.15) is 11.8 Å². The maximum atomic E-state index is 12.5. The first-order chi connectivity index (χ1) is 12.4. The topological polar surface area (TPSA) is 91.9 Å². The number of amides is 1. The van der Waals surface area contributed by atoms with Crippen molar-refractivity contribution in [3.8, 4) is 5.75 Å². The van der Waals surface area contributed by atoms with Crippen LogP contribution in [0.5, 0.6) is 5.75 Å². The minimum Gasteiger partial charge on any atom is -0.508 e. The number of aromatic hydroxyl groups is 1. The van der Waals surface area contributed by atoms with Crippen LogP contribution in [-0.4, -0.2) is 26.7 Å². The quantitative estimate of drug-likeness (QED) is 0.735. The number of carbonyl (C=O) groups excluding carboxylic acids is 1. The second kappa shape index (κ2) is 7.13. The molecular weight excluding hydrogens is 352 g/mol. The number of aryl methyl sites for hydroxylation is 1. The molecule has 2 aromatic carbocycles. The summed E-state index contributed by atoms with van der Waals surface area (Å²) < 4.78 is 2.22. The maximum Gasteiger partial charge on any atom is 0.326 e. The molecule has 0 radical (unpaired) electrons. The van der Waals surface area contributed by atoms with E-state index in [-0.39, 0.29) is 5.75 Å². The fourth-order valence-corrected chi connectivity index (χ4v) is 3.83. The van der Waals surface area contributed by atoms with Crippen LogP contribution in [0.25, 0.3) is 10.2 Å². The number of nitrogens with zero attached hydrogens (tertiary/aromatic N) is 2. The summed E-state index contributed by atoms with van der Waals surface area (Å²) in [5.41, 5.74) is 2.09. The molecular formula is C19H18N2O4S. The van der Waals surface area contributed by atoms with Gasteiger partial charge in [-0.2, -0.15) is 4.99 Å². The number of phenolic OH excluding ortho intramolecular Hbond substituents is 1. The van der Waals surface area contributed by atoms with E-state index in [4.69, 9.17) is 0 Å². The lowest BCUT2D eigenvalue weighted by molar-refractivity contribution is -0.140. The average Bonchev–Trinajstić information content (AvgIpc) is 2.93. The Kier molecular flexibility index (Phi) is 4.90. The summed E-state index contributed by atoms with van der Waals surface area (Å²) in [5.74, 6) is -1.36. The summed E-state index contributed by atoms with van der Waals surface area (Å²) in [4.78, 5) is 28.7. The Morgan fingerprint density at radius 2 is 1.88 bits per heavy atom. The van der Waals surface area contributed by atoms with Crippen LogP contribution in [0.4, 0.5) is 0 Å². The number of hydrogen-bond acceptors (Lipinski definition) is 4. The minimum atomic E-state index is -0.996. The van der Waals surface area contributed by atoms with Gasteiger partial charge in [0.2, 0.25) is 0 Å². The maximum absolute atomic E-state index is 12.5. The fraction of sp³-hybridized carbons (Fsp3) is 0.211. The summed E-state index contributed by atoms with van der Waals surface area (Å²) >= 11 is 1.18. The number of phenols is 1. The Balaban J connectivity index is 2.22. The number of aromatic nitrogens is 1. The Bertz CT molecular complexity index is 1050. The van der Waals surface area contributed by atoms with Crippen molar-refractivity contribution in [1.82, 2.24) is 4.57 Å². The summed E-state index contributed by atoms with van der Waals surface area (Å²) in [6, 6.07) is 10.9. The zero-order valence-corrected chi connectivity index (χ0v) is 15.2. The van der Waals surface area contributed by atoms with Crippen LogP contribution < -0.4 is 4.80 Å². The van der Waals surface area contributed by atoms with Gasteiger partial charge in [0.15, 0.2) is 4.80 Å². The van der Waals surface area contributed by atoms with Gasteiger partial charge in [0, 0.05) is 5.56 Å². The van der Waals surface area contributed by atoms with Gasteiger partial charge >= 0.3 is 5.97 Å². The van der Waals surface area contributed by atoms with Crippen LogP contribution in [0.15, 0.2) is 47.5 Å². The van der Waals surface area contributed by atoms with Crippen LogP contribution in [0.3, 0.4) is 0 Å².